The van der Waals surface area contributed by atoms with Crippen LogP contribution in [0.3, 0.4) is 0 Å². The third kappa shape index (κ3) is 19.5. The molecule has 0 radical (unpaired) electrons. The number of hydrogen-bond acceptors (Lipinski definition) is 4. The van der Waals surface area contributed by atoms with Crippen LogP contribution in [0, 0.1) is 0 Å². The van der Waals surface area contributed by atoms with E-state index in [1.54, 1.807) is 0 Å². The van der Waals surface area contributed by atoms with Gasteiger partial charge in [0, 0.05) is 13.2 Å². The molecule has 0 saturated carbocycles. The van der Waals surface area contributed by atoms with Gasteiger partial charge in [-0.3, -0.25) is 0 Å². The van der Waals surface area contributed by atoms with Crippen LogP contribution in [0.1, 0.15) is 25.7 Å². The van der Waals surface area contributed by atoms with E-state index in [1.165, 1.54) is 0 Å². The Bertz CT molecular complexity index is 87.0. The van der Waals surface area contributed by atoms with Gasteiger partial charge in [-0.2, -0.15) is 0 Å². The fourth-order valence-electron chi connectivity index (χ4n) is 0.747. The van der Waals surface area contributed by atoms with Crippen LogP contribution in [-0.2, 0) is 4.65 Å². The Balaban J connectivity index is -0.000000500. The Morgan fingerprint density at radius 3 is 2.00 bits per heavy atom. The second-order valence-corrected chi connectivity index (χ2v) is 2.30. The first-order valence-electron chi connectivity index (χ1n) is 3.81. The van der Waals surface area contributed by atoms with Crippen LogP contribution in [0.2, 0.25) is 0 Å². The van der Waals surface area contributed by atoms with Crippen molar-refractivity contribution in [3.63, 3.8) is 0 Å². The predicted octanol–water partition coefficient (Wildman–Crippen LogP) is -7.73. The Kier molecular flexibility index (Phi) is 23.5. The molecule has 0 heterocycles. The standard InChI is InChI=1S/C6H13BO4.2Li/c8-5-3-1-2-4-6-11-7(9)10;;/h8H,1-6H2;;/q-2;2*+1. The maximum Gasteiger partial charge on any atom is 1.00 e. The molecule has 0 aliphatic rings. The molecule has 7 heteroatoms. The minimum atomic E-state index is -2.15. The van der Waals surface area contributed by atoms with Crippen molar-refractivity contribution in [2.75, 3.05) is 13.2 Å². The van der Waals surface area contributed by atoms with E-state index in [0.29, 0.717) is 0 Å². The first-order valence-corrected chi connectivity index (χ1v) is 3.81. The first kappa shape index (κ1) is 19.6. The average molecular weight is 174 g/mol. The molecular formula is C6H13BLi2O4. The molecule has 0 aromatic rings. The molecule has 0 aromatic carbocycles. The minimum absolute atomic E-state index is 0. The fraction of sp³-hybridized carbons (Fsp3) is 1.00. The van der Waals surface area contributed by atoms with Crippen LogP contribution >= 0.6 is 0 Å². The zero-order valence-corrected chi connectivity index (χ0v) is 8.49. The Morgan fingerprint density at radius 1 is 1.00 bits per heavy atom. The van der Waals surface area contributed by atoms with Crippen molar-refractivity contribution in [2.45, 2.75) is 25.7 Å². The van der Waals surface area contributed by atoms with Crippen molar-refractivity contribution in [2.24, 2.45) is 0 Å². The summed E-state index contributed by atoms with van der Waals surface area (Å²) < 4.78 is 4.25. The Morgan fingerprint density at radius 2 is 1.54 bits per heavy atom. The monoisotopic (exact) mass is 174 g/mol. The zero-order chi connectivity index (χ0) is 8.53. The van der Waals surface area contributed by atoms with Crippen LogP contribution in [0.25, 0.3) is 0 Å². The summed E-state index contributed by atoms with van der Waals surface area (Å²) in [6, 6.07) is 0. The molecule has 0 aliphatic carbocycles. The molecule has 66 valence electrons. The summed E-state index contributed by atoms with van der Waals surface area (Å²) >= 11 is 0. The summed E-state index contributed by atoms with van der Waals surface area (Å²) in [5.74, 6) is 0. The molecule has 0 saturated heterocycles. The average Bonchev–Trinajstić information content (AvgIpc) is 1.96. The van der Waals surface area contributed by atoms with Crippen molar-refractivity contribution in [3.05, 3.63) is 0 Å². The van der Waals surface area contributed by atoms with E-state index in [4.69, 9.17) is 5.11 Å². The van der Waals surface area contributed by atoms with E-state index in [9.17, 15) is 10.0 Å². The van der Waals surface area contributed by atoms with Crippen LogP contribution in [0.4, 0.5) is 0 Å². The molecule has 0 aliphatic heterocycles. The van der Waals surface area contributed by atoms with E-state index < -0.39 is 7.32 Å². The smallest absolute Gasteiger partial charge is 0.871 e. The van der Waals surface area contributed by atoms with Crippen molar-refractivity contribution in [1.82, 2.24) is 0 Å². The van der Waals surface area contributed by atoms with Gasteiger partial charge in [0.25, 0.3) is 0 Å². The Labute approximate surface area is 104 Å². The first-order chi connectivity index (χ1) is 5.27. The van der Waals surface area contributed by atoms with E-state index in [1.807, 2.05) is 0 Å². The van der Waals surface area contributed by atoms with Gasteiger partial charge < -0.3 is 19.8 Å². The van der Waals surface area contributed by atoms with Crippen molar-refractivity contribution < 1.29 is 57.5 Å². The van der Waals surface area contributed by atoms with Gasteiger partial charge in [0.15, 0.2) is 0 Å². The maximum atomic E-state index is 9.80. The molecule has 1 N–H and O–H groups in total. The van der Waals surface area contributed by atoms with Gasteiger partial charge in [0.1, 0.15) is 0 Å². The van der Waals surface area contributed by atoms with E-state index in [0.717, 1.165) is 25.7 Å². The second kappa shape index (κ2) is 15.6. The molecule has 0 bridgehead atoms. The number of rotatable bonds is 7. The fourth-order valence-corrected chi connectivity index (χ4v) is 0.747. The molecule has 0 fully saturated rings. The van der Waals surface area contributed by atoms with Crippen molar-refractivity contribution >= 4 is 7.32 Å². The largest absolute Gasteiger partial charge is 1.00 e. The van der Waals surface area contributed by atoms with Gasteiger partial charge in [0.2, 0.25) is 0 Å². The van der Waals surface area contributed by atoms with Crippen LogP contribution in [0.5, 0.6) is 0 Å². The zero-order valence-electron chi connectivity index (χ0n) is 8.49. The third-order valence-electron chi connectivity index (χ3n) is 1.31. The predicted molar refractivity (Wildman–Crippen MR) is 37.3 cm³/mol. The van der Waals surface area contributed by atoms with Gasteiger partial charge in [-0.05, 0) is 12.8 Å². The van der Waals surface area contributed by atoms with Gasteiger partial charge in [-0.25, -0.2) is 0 Å². The van der Waals surface area contributed by atoms with Crippen LogP contribution in [-0.4, -0.2) is 25.6 Å². The van der Waals surface area contributed by atoms with Gasteiger partial charge >= 0.3 is 37.7 Å². The second-order valence-electron chi connectivity index (χ2n) is 2.30. The van der Waals surface area contributed by atoms with Gasteiger partial charge in [-0.1, -0.05) is 12.8 Å². The molecule has 0 rings (SSSR count). The normalized spacial score (nSPS) is 8.54. The number of hydrogen-bond donors (Lipinski definition) is 1. The molecule has 0 unspecified atom stereocenters. The van der Waals surface area contributed by atoms with Crippen molar-refractivity contribution in [1.29, 1.82) is 0 Å². The topological polar surface area (TPSA) is 75.6 Å². The minimum Gasteiger partial charge on any atom is -0.871 e. The maximum absolute atomic E-state index is 9.80. The quantitative estimate of drug-likeness (QED) is 0.307. The summed E-state index contributed by atoms with van der Waals surface area (Å²) in [5, 5.41) is 28.0. The summed E-state index contributed by atoms with van der Waals surface area (Å²) in [6.07, 6.45) is 3.31. The Hall–Kier alpha value is 1.10. The summed E-state index contributed by atoms with van der Waals surface area (Å²) in [7, 11) is -2.15. The summed E-state index contributed by atoms with van der Waals surface area (Å²) in [6.45, 7) is 0.440. The number of aliphatic hydroxyl groups is 1. The number of aliphatic hydroxyl groups excluding tert-OH is 1. The summed E-state index contributed by atoms with van der Waals surface area (Å²) in [4.78, 5) is 0. The van der Waals surface area contributed by atoms with E-state index in [2.05, 4.69) is 4.65 Å². The molecule has 13 heavy (non-hydrogen) atoms. The van der Waals surface area contributed by atoms with Crippen molar-refractivity contribution in [3.8, 4) is 0 Å². The van der Waals surface area contributed by atoms with E-state index in [-0.39, 0.29) is 50.9 Å². The van der Waals surface area contributed by atoms with Gasteiger partial charge in [0.05, 0.1) is 7.32 Å². The van der Waals surface area contributed by atoms with Crippen LogP contribution < -0.4 is 47.8 Å². The molecule has 0 amide bonds. The van der Waals surface area contributed by atoms with E-state index >= 15 is 0 Å². The molecule has 0 atom stereocenters. The van der Waals surface area contributed by atoms with Gasteiger partial charge in [-0.15, -0.1) is 0 Å². The molecule has 0 spiro atoms. The van der Waals surface area contributed by atoms with Crippen LogP contribution in [0.15, 0.2) is 0 Å². The molecular weight excluding hydrogens is 161 g/mol. The molecule has 0 aromatic heterocycles. The summed E-state index contributed by atoms with van der Waals surface area (Å²) in [5.41, 5.74) is 0. The SMILES string of the molecule is [Li+].[Li+].[O-]B([O-])OCCCCCCO. The molecule has 4 nitrogen and oxygen atoms in total. The third-order valence-corrected chi connectivity index (χ3v) is 1.31. The number of unbranched alkanes of at least 4 members (excludes halogenated alkanes) is 3.